The van der Waals surface area contributed by atoms with Crippen molar-refractivity contribution in [2.45, 2.75) is 38.0 Å². The predicted octanol–water partition coefficient (Wildman–Crippen LogP) is 3.35. The Labute approximate surface area is 181 Å². The minimum absolute atomic E-state index is 0.115. The molecule has 2 amide bonds. The summed E-state index contributed by atoms with van der Waals surface area (Å²) in [5, 5.41) is 5.37. The largest absolute Gasteiger partial charge is 0.445 e. The van der Waals surface area contributed by atoms with E-state index in [2.05, 4.69) is 10.6 Å². The van der Waals surface area contributed by atoms with Gasteiger partial charge in [-0.15, -0.1) is 0 Å². The maximum Gasteiger partial charge on any atom is 0.408 e. The van der Waals surface area contributed by atoms with E-state index in [1.807, 2.05) is 66.9 Å². The first-order valence-electron chi connectivity index (χ1n) is 9.88. The van der Waals surface area contributed by atoms with Gasteiger partial charge in [0.05, 0.1) is 6.04 Å². The molecule has 2 atom stereocenters. The fourth-order valence-electron chi connectivity index (χ4n) is 2.83. The van der Waals surface area contributed by atoms with Crippen molar-refractivity contribution in [3.8, 4) is 0 Å². The van der Waals surface area contributed by atoms with E-state index < -0.39 is 18.2 Å². The molecule has 2 rings (SSSR count). The molecule has 6 nitrogen and oxygen atoms in total. The molecule has 7 heteroatoms. The van der Waals surface area contributed by atoms with Crippen LogP contribution in [-0.4, -0.2) is 42.4 Å². The Bertz CT molecular complexity index is 786. The number of ether oxygens (including phenoxy) is 1. The Morgan fingerprint density at radius 2 is 1.60 bits per heavy atom. The Morgan fingerprint density at radius 3 is 2.20 bits per heavy atom. The second kappa shape index (κ2) is 13.4. The van der Waals surface area contributed by atoms with Crippen molar-refractivity contribution in [1.29, 1.82) is 0 Å². The smallest absolute Gasteiger partial charge is 0.408 e. The molecule has 0 saturated heterocycles. The van der Waals surface area contributed by atoms with Crippen LogP contribution in [0.3, 0.4) is 0 Å². The summed E-state index contributed by atoms with van der Waals surface area (Å²) in [5.41, 5.74) is 1.92. The van der Waals surface area contributed by atoms with Crippen LogP contribution in [0.15, 0.2) is 60.7 Å². The first-order chi connectivity index (χ1) is 14.6. The summed E-state index contributed by atoms with van der Waals surface area (Å²) >= 11 is 1.60. The molecule has 30 heavy (non-hydrogen) atoms. The molecule has 0 aromatic heterocycles. The van der Waals surface area contributed by atoms with Crippen molar-refractivity contribution < 1.29 is 19.1 Å². The van der Waals surface area contributed by atoms with Gasteiger partial charge in [0.25, 0.3) is 0 Å². The van der Waals surface area contributed by atoms with Gasteiger partial charge in [0.2, 0.25) is 5.91 Å². The molecule has 160 valence electrons. The first-order valence-corrected chi connectivity index (χ1v) is 11.3. The zero-order valence-electron chi connectivity index (χ0n) is 17.1. The number of nitrogens with one attached hydrogen (secondary N) is 2. The third-order valence-electron chi connectivity index (χ3n) is 4.51. The van der Waals surface area contributed by atoms with Crippen molar-refractivity contribution in [1.82, 2.24) is 10.6 Å². The summed E-state index contributed by atoms with van der Waals surface area (Å²) in [4.78, 5) is 36.3. The third-order valence-corrected chi connectivity index (χ3v) is 5.15. The third kappa shape index (κ3) is 8.69. The molecule has 0 aliphatic rings. The number of carbonyl (C=O) groups excluding carboxylic acids is 3. The molecule has 0 aliphatic heterocycles. The van der Waals surface area contributed by atoms with Crippen LogP contribution in [0.5, 0.6) is 0 Å². The number of thioether (sulfide) groups is 1. The lowest BCUT2D eigenvalue weighted by Crippen LogP contribution is -2.50. The number of hydrogen-bond acceptors (Lipinski definition) is 5. The van der Waals surface area contributed by atoms with Crippen molar-refractivity contribution in [3.63, 3.8) is 0 Å². The Kier molecular flexibility index (Phi) is 10.5. The summed E-state index contributed by atoms with van der Waals surface area (Å²) in [5.74, 6) is 0.367. The number of benzene rings is 2. The summed E-state index contributed by atoms with van der Waals surface area (Å²) < 4.78 is 5.25. The van der Waals surface area contributed by atoms with Crippen molar-refractivity contribution in [3.05, 3.63) is 71.8 Å². The van der Waals surface area contributed by atoms with Gasteiger partial charge in [0.15, 0.2) is 0 Å². The van der Waals surface area contributed by atoms with Crippen LogP contribution in [0, 0.1) is 0 Å². The second-order valence-corrected chi connectivity index (χ2v) is 7.80. The van der Waals surface area contributed by atoms with Gasteiger partial charge in [0.1, 0.15) is 18.9 Å². The topological polar surface area (TPSA) is 84.5 Å². The Hall–Kier alpha value is -2.80. The number of amides is 2. The van der Waals surface area contributed by atoms with E-state index in [1.165, 1.54) is 0 Å². The van der Waals surface area contributed by atoms with Crippen LogP contribution in [0.1, 0.15) is 24.0 Å². The molecule has 0 saturated carbocycles. The number of rotatable bonds is 12. The molecule has 0 bridgehead atoms. The molecule has 0 heterocycles. The number of aldehydes is 1. The van der Waals surface area contributed by atoms with E-state index in [0.29, 0.717) is 19.3 Å². The molecule has 2 aromatic rings. The van der Waals surface area contributed by atoms with Gasteiger partial charge < -0.3 is 20.2 Å². The van der Waals surface area contributed by atoms with E-state index in [9.17, 15) is 14.4 Å². The fourth-order valence-corrected chi connectivity index (χ4v) is 3.32. The molecule has 0 radical (unpaired) electrons. The standard InChI is InChI=1S/C23H28N2O4S/c1-30-15-14-20(16-26)24-22(27)21(13-12-18-8-4-2-5-9-18)25-23(28)29-17-19-10-6-3-7-11-19/h2-11,16,20-21H,12-15,17H2,1H3,(H,24,27)(H,25,28)/t20-,21-/m0/s1. The molecular formula is C23H28N2O4S. The van der Waals surface area contributed by atoms with E-state index in [-0.39, 0.29) is 12.5 Å². The van der Waals surface area contributed by atoms with Gasteiger partial charge in [-0.25, -0.2) is 4.79 Å². The first kappa shape index (κ1) is 23.5. The molecule has 0 unspecified atom stereocenters. The summed E-state index contributed by atoms with van der Waals surface area (Å²) in [6.07, 6.45) is 3.55. The highest BCUT2D eigenvalue weighted by atomic mass is 32.2. The Morgan fingerprint density at radius 1 is 0.967 bits per heavy atom. The van der Waals surface area contributed by atoms with Crippen molar-refractivity contribution in [2.24, 2.45) is 0 Å². The molecule has 2 N–H and O–H groups in total. The van der Waals surface area contributed by atoms with Crippen molar-refractivity contribution >= 4 is 30.0 Å². The van der Waals surface area contributed by atoms with Gasteiger partial charge in [-0.05, 0) is 42.4 Å². The molecular weight excluding hydrogens is 400 g/mol. The second-order valence-electron chi connectivity index (χ2n) is 6.82. The number of alkyl carbamates (subject to hydrolysis) is 1. The highest BCUT2D eigenvalue weighted by molar-refractivity contribution is 7.98. The average Bonchev–Trinajstić information content (AvgIpc) is 2.79. The van der Waals surface area contributed by atoms with E-state index in [4.69, 9.17) is 4.74 Å². The molecule has 0 aliphatic carbocycles. The van der Waals surface area contributed by atoms with Gasteiger partial charge in [-0.3, -0.25) is 4.79 Å². The normalized spacial score (nSPS) is 12.4. The molecule has 2 aromatic carbocycles. The highest BCUT2D eigenvalue weighted by Crippen LogP contribution is 2.08. The lowest BCUT2D eigenvalue weighted by molar-refractivity contribution is -0.125. The summed E-state index contributed by atoms with van der Waals surface area (Å²) in [6, 6.07) is 17.7. The maximum absolute atomic E-state index is 12.8. The van der Waals surface area contributed by atoms with Gasteiger partial charge in [0, 0.05) is 0 Å². The molecule has 0 spiro atoms. The van der Waals surface area contributed by atoms with E-state index in [0.717, 1.165) is 23.2 Å². The van der Waals surface area contributed by atoms with Crippen LogP contribution in [0.2, 0.25) is 0 Å². The molecule has 0 fully saturated rings. The fraction of sp³-hybridized carbons (Fsp3) is 0.348. The maximum atomic E-state index is 12.8. The lowest BCUT2D eigenvalue weighted by atomic mass is 10.0. The van der Waals surface area contributed by atoms with Gasteiger partial charge in [-0.2, -0.15) is 11.8 Å². The zero-order chi connectivity index (χ0) is 21.6. The zero-order valence-corrected chi connectivity index (χ0v) is 17.9. The average molecular weight is 429 g/mol. The van der Waals surface area contributed by atoms with E-state index >= 15 is 0 Å². The van der Waals surface area contributed by atoms with Gasteiger partial charge in [-0.1, -0.05) is 60.7 Å². The number of hydrogen-bond donors (Lipinski definition) is 2. The lowest BCUT2D eigenvalue weighted by Gasteiger charge is -2.21. The van der Waals surface area contributed by atoms with Crippen LogP contribution >= 0.6 is 11.8 Å². The summed E-state index contributed by atoms with van der Waals surface area (Å²) in [6.45, 7) is 0.115. The van der Waals surface area contributed by atoms with E-state index in [1.54, 1.807) is 11.8 Å². The number of aryl methyl sites for hydroxylation is 1. The summed E-state index contributed by atoms with van der Waals surface area (Å²) in [7, 11) is 0. The van der Waals surface area contributed by atoms with Crippen LogP contribution in [0.25, 0.3) is 0 Å². The highest BCUT2D eigenvalue weighted by Gasteiger charge is 2.23. The minimum atomic E-state index is -0.801. The Balaban J connectivity index is 1.96. The quantitative estimate of drug-likeness (QED) is 0.507. The van der Waals surface area contributed by atoms with Crippen LogP contribution < -0.4 is 10.6 Å². The van der Waals surface area contributed by atoms with Gasteiger partial charge >= 0.3 is 6.09 Å². The number of carbonyl (C=O) groups is 3. The SMILES string of the molecule is CSCC[C@@H](C=O)NC(=O)[C@H](CCc1ccccc1)NC(=O)OCc1ccccc1. The van der Waals surface area contributed by atoms with Crippen LogP contribution in [-0.2, 0) is 27.4 Å². The van der Waals surface area contributed by atoms with Crippen molar-refractivity contribution in [2.75, 3.05) is 12.0 Å². The van der Waals surface area contributed by atoms with Crippen LogP contribution in [0.4, 0.5) is 4.79 Å². The predicted molar refractivity (Wildman–Crippen MR) is 119 cm³/mol. The monoisotopic (exact) mass is 428 g/mol. The minimum Gasteiger partial charge on any atom is -0.445 e.